The molecular formula is C6H11N. The first-order chi connectivity index (χ1) is 3.39. The van der Waals surface area contributed by atoms with Crippen LogP contribution in [0.1, 0.15) is 19.3 Å². The molecule has 1 aliphatic carbocycles. The van der Waals surface area contributed by atoms with E-state index in [9.17, 15) is 0 Å². The molecule has 1 saturated heterocycles. The smallest absolute Gasteiger partial charge is 0.0252 e. The third-order valence-electron chi connectivity index (χ3n) is 2.40. The minimum atomic E-state index is 1.01. The van der Waals surface area contributed by atoms with E-state index in [1.165, 1.54) is 19.3 Å². The summed E-state index contributed by atoms with van der Waals surface area (Å²) in [7, 11) is 2.23. The maximum Gasteiger partial charge on any atom is 0.0252 e. The average molecular weight is 97.2 g/mol. The number of hydrogen-bond donors (Lipinski definition) is 0. The summed E-state index contributed by atoms with van der Waals surface area (Å²) in [6.07, 6.45) is 4.43. The van der Waals surface area contributed by atoms with Crippen LogP contribution in [0.15, 0.2) is 0 Å². The summed E-state index contributed by atoms with van der Waals surface area (Å²) in [6, 6.07) is 2.03. The Morgan fingerprint density at radius 1 is 1.29 bits per heavy atom. The number of likely N-dealkylation sites (N-methyl/N-ethyl adjacent to an activating group) is 1. The zero-order chi connectivity index (χ0) is 4.85. The van der Waals surface area contributed by atoms with Gasteiger partial charge in [-0.2, -0.15) is 0 Å². The lowest BCUT2D eigenvalue weighted by molar-refractivity contribution is 0.501. The van der Waals surface area contributed by atoms with E-state index < -0.39 is 0 Å². The molecule has 40 valence electrons. The van der Waals surface area contributed by atoms with Gasteiger partial charge in [0.1, 0.15) is 0 Å². The molecule has 1 heterocycles. The van der Waals surface area contributed by atoms with Gasteiger partial charge < -0.3 is 0 Å². The van der Waals surface area contributed by atoms with Crippen LogP contribution in [-0.4, -0.2) is 24.0 Å². The summed E-state index contributed by atoms with van der Waals surface area (Å²) in [5, 5.41) is 0. The van der Waals surface area contributed by atoms with Gasteiger partial charge in [0, 0.05) is 12.1 Å². The van der Waals surface area contributed by atoms with Crippen LogP contribution in [0, 0.1) is 0 Å². The van der Waals surface area contributed by atoms with Crippen LogP contribution in [0.4, 0.5) is 0 Å². The van der Waals surface area contributed by atoms with E-state index in [0.717, 1.165) is 12.1 Å². The lowest BCUT2D eigenvalue weighted by Crippen LogP contribution is -1.95. The monoisotopic (exact) mass is 97.1 g/mol. The van der Waals surface area contributed by atoms with Gasteiger partial charge in [-0.15, -0.1) is 0 Å². The summed E-state index contributed by atoms with van der Waals surface area (Å²) >= 11 is 0. The van der Waals surface area contributed by atoms with E-state index in [2.05, 4.69) is 11.9 Å². The van der Waals surface area contributed by atoms with Crippen molar-refractivity contribution in [2.24, 2.45) is 0 Å². The van der Waals surface area contributed by atoms with Crippen LogP contribution < -0.4 is 0 Å². The summed E-state index contributed by atoms with van der Waals surface area (Å²) in [5.41, 5.74) is 0. The average Bonchev–Trinajstić information content (AvgIpc) is 2.26. The van der Waals surface area contributed by atoms with Crippen molar-refractivity contribution in [1.29, 1.82) is 0 Å². The molecule has 2 atom stereocenters. The number of likely N-dealkylation sites (tertiary alicyclic amines) is 1. The molecule has 0 aromatic carbocycles. The Morgan fingerprint density at radius 2 is 1.86 bits per heavy atom. The Balaban J connectivity index is 2.06. The number of hydrogen-bond acceptors (Lipinski definition) is 1. The molecule has 0 aromatic rings. The highest BCUT2D eigenvalue weighted by molar-refractivity contribution is 5.03. The topological polar surface area (TPSA) is 3.01 Å². The standard InChI is InChI=1S/C6H11N/c1-7-5-3-2-4-6(5)7/h5-6H,2-4H2,1H3. The van der Waals surface area contributed by atoms with Gasteiger partial charge in [-0.3, -0.25) is 4.90 Å². The van der Waals surface area contributed by atoms with Crippen LogP contribution in [0.25, 0.3) is 0 Å². The second-order valence-electron chi connectivity index (χ2n) is 2.73. The zero-order valence-electron chi connectivity index (χ0n) is 4.72. The van der Waals surface area contributed by atoms with Crippen molar-refractivity contribution in [2.75, 3.05) is 7.05 Å². The molecule has 0 amide bonds. The normalized spacial score (nSPS) is 57.0. The number of fused-ring (bicyclic) bond motifs is 1. The molecule has 2 fully saturated rings. The highest BCUT2D eigenvalue weighted by atomic mass is 15.3. The van der Waals surface area contributed by atoms with Crippen molar-refractivity contribution in [1.82, 2.24) is 4.90 Å². The van der Waals surface area contributed by atoms with E-state index in [-0.39, 0.29) is 0 Å². The molecule has 2 unspecified atom stereocenters. The van der Waals surface area contributed by atoms with Crippen molar-refractivity contribution in [2.45, 2.75) is 31.3 Å². The maximum atomic E-state index is 2.48. The van der Waals surface area contributed by atoms with E-state index >= 15 is 0 Å². The lowest BCUT2D eigenvalue weighted by Gasteiger charge is -1.94. The molecular weight excluding hydrogens is 86.1 g/mol. The van der Waals surface area contributed by atoms with Gasteiger partial charge in [0.05, 0.1) is 0 Å². The third-order valence-corrected chi connectivity index (χ3v) is 2.40. The molecule has 2 aliphatic rings. The van der Waals surface area contributed by atoms with E-state index in [0.29, 0.717) is 0 Å². The maximum absolute atomic E-state index is 2.48. The highest BCUT2D eigenvalue weighted by Gasteiger charge is 2.46. The van der Waals surface area contributed by atoms with Gasteiger partial charge in [-0.1, -0.05) is 6.42 Å². The predicted molar refractivity (Wildman–Crippen MR) is 29.2 cm³/mol. The number of rotatable bonds is 0. The van der Waals surface area contributed by atoms with Gasteiger partial charge in [0.25, 0.3) is 0 Å². The number of nitrogens with zero attached hydrogens (tertiary/aromatic N) is 1. The molecule has 1 nitrogen and oxygen atoms in total. The van der Waals surface area contributed by atoms with Gasteiger partial charge in [-0.25, -0.2) is 0 Å². The Kier molecular flexibility index (Phi) is 0.571. The Morgan fingerprint density at radius 3 is 2.14 bits per heavy atom. The summed E-state index contributed by atoms with van der Waals surface area (Å²) in [5.74, 6) is 0. The second kappa shape index (κ2) is 1.03. The van der Waals surface area contributed by atoms with Crippen molar-refractivity contribution in [3.63, 3.8) is 0 Å². The fourth-order valence-corrected chi connectivity index (χ4v) is 1.80. The molecule has 2 rings (SSSR count). The molecule has 1 aliphatic heterocycles. The largest absolute Gasteiger partial charge is 0.297 e. The van der Waals surface area contributed by atoms with Crippen LogP contribution in [-0.2, 0) is 0 Å². The van der Waals surface area contributed by atoms with E-state index in [1.54, 1.807) is 0 Å². The lowest BCUT2D eigenvalue weighted by atomic mass is 10.3. The first-order valence-corrected chi connectivity index (χ1v) is 3.11. The fraction of sp³-hybridized carbons (Fsp3) is 1.00. The van der Waals surface area contributed by atoms with Crippen molar-refractivity contribution < 1.29 is 0 Å². The zero-order valence-corrected chi connectivity index (χ0v) is 4.72. The molecule has 1 heteroatoms. The van der Waals surface area contributed by atoms with Gasteiger partial charge >= 0.3 is 0 Å². The Bertz CT molecular complexity index is 80.2. The quantitative estimate of drug-likeness (QED) is 0.405. The molecule has 0 radical (unpaired) electrons. The van der Waals surface area contributed by atoms with Crippen LogP contribution in [0.5, 0.6) is 0 Å². The van der Waals surface area contributed by atoms with Gasteiger partial charge in [0.15, 0.2) is 0 Å². The minimum absolute atomic E-state index is 1.01. The molecule has 0 bridgehead atoms. The summed E-state index contributed by atoms with van der Waals surface area (Å²) in [6.45, 7) is 0. The van der Waals surface area contributed by atoms with Crippen LogP contribution in [0.3, 0.4) is 0 Å². The van der Waals surface area contributed by atoms with E-state index in [4.69, 9.17) is 0 Å². The molecule has 0 aromatic heterocycles. The molecule has 0 spiro atoms. The first kappa shape index (κ1) is 3.90. The van der Waals surface area contributed by atoms with Gasteiger partial charge in [-0.05, 0) is 19.9 Å². The summed E-state index contributed by atoms with van der Waals surface area (Å²) in [4.78, 5) is 2.48. The Hall–Kier alpha value is -0.0400. The number of piperidine rings is 1. The molecule has 7 heavy (non-hydrogen) atoms. The van der Waals surface area contributed by atoms with Crippen LogP contribution >= 0.6 is 0 Å². The van der Waals surface area contributed by atoms with Gasteiger partial charge in [0.2, 0.25) is 0 Å². The second-order valence-corrected chi connectivity index (χ2v) is 2.73. The fourth-order valence-electron chi connectivity index (χ4n) is 1.80. The van der Waals surface area contributed by atoms with Crippen molar-refractivity contribution >= 4 is 0 Å². The Labute approximate surface area is 44.3 Å². The SMILES string of the molecule is CN1C2CCCC21. The van der Waals surface area contributed by atoms with Crippen molar-refractivity contribution in [3.8, 4) is 0 Å². The predicted octanol–water partition coefficient (Wildman–Crippen LogP) is 0.853. The first-order valence-electron chi connectivity index (χ1n) is 3.11. The summed E-state index contributed by atoms with van der Waals surface area (Å²) < 4.78 is 0. The molecule has 1 saturated carbocycles. The third kappa shape index (κ3) is 0.367. The van der Waals surface area contributed by atoms with Crippen LogP contribution in [0.2, 0.25) is 0 Å². The minimum Gasteiger partial charge on any atom is -0.297 e. The highest BCUT2D eigenvalue weighted by Crippen LogP contribution is 2.39. The van der Waals surface area contributed by atoms with Crippen molar-refractivity contribution in [3.05, 3.63) is 0 Å². The van der Waals surface area contributed by atoms with E-state index in [1.807, 2.05) is 0 Å². The molecule has 0 N–H and O–H groups in total.